The maximum absolute atomic E-state index is 12.9. The molecule has 0 aliphatic carbocycles. The van der Waals surface area contributed by atoms with Gasteiger partial charge in [0, 0.05) is 19.1 Å². The Balaban J connectivity index is 1.85. The lowest BCUT2D eigenvalue weighted by molar-refractivity contribution is 0.0739. The number of carbonyl (C=O) groups is 1. The summed E-state index contributed by atoms with van der Waals surface area (Å²) in [5, 5.41) is 8.25. The van der Waals surface area contributed by atoms with Gasteiger partial charge in [-0.1, -0.05) is 11.3 Å². The fraction of sp³-hybridized carbons (Fsp3) is 0.500. The van der Waals surface area contributed by atoms with E-state index < -0.39 is 0 Å². The van der Waals surface area contributed by atoms with Crippen molar-refractivity contribution in [3.05, 3.63) is 40.7 Å². The number of aromatic nitrogens is 3. The molecule has 128 valence electrons. The number of methoxy groups -OCH3 is 1. The third-order valence-corrected chi connectivity index (χ3v) is 4.56. The lowest BCUT2D eigenvalue weighted by atomic mass is 10.0. The topological polar surface area (TPSA) is 60.2 Å². The Morgan fingerprint density at radius 2 is 2.08 bits per heavy atom. The number of hydrogen-bond acceptors (Lipinski definition) is 4. The minimum Gasteiger partial charge on any atom is -0.497 e. The van der Waals surface area contributed by atoms with Gasteiger partial charge < -0.3 is 9.64 Å². The molecule has 0 spiro atoms. The summed E-state index contributed by atoms with van der Waals surface area (Å²) in [4.78, 5) is 14.8. The van der Waals surface area contributed by atoms with E-state index in [1.165, 1.54) is 11.1 Å². The number of ether oxygens (including phenoxy) is 1. The molecule has 1 aliphatic heterocycles. The van der Waals surface area contributed by atoms with Crippen molar-refractivity contribution < 1.29 is 9.53 Å². The van der Waals surface area contributed by atoms with Gasteiger partial charge in [0.15, 0.2) is 5.69 Å². The first kappa shape index (κ1) is 16.5. The fourth-order valence-corrected chi connectivity index (χ4v) is 3.21. The van der Waals surface area contributed by atoms with E-state index in [1.54, 1.807) is 11.8 Å². The van der Waals surface area contributed by atoms with Crippen LogP contribution < -0.4 is 4.74 Å². The number of hydrogen-bond donors (Lipinski definition) is 0. The Kier molecular flexibility index (Phi) is 4.55. The minimum atomic E-state index is -0.0388. The highest BCUT2D eigenvalue weighted by atomic mass is 16.5. The van der Waals surface area contributed by atoms with E-state index in [0.717, 1.165) is 30.8 Å². The van der Waals surface area contributed by atoms with Gasteiger partial charge in [-0.3, -0.25) is 4.79 Å². The van der Waals surface area contributed by atoms with E-state index >= 15 is 0 Å². The Hall–Kier alpha value is -2.37. The molecule has 1 aliphatic rings. The number of rotatable bonds is 3. The Labute approximate surface area is 142 Å². The predicted octanol–water partition coefficient (Wildman–Crippen LogP) is 2.76. The molecular formula is C18H24N4O2. The molecule has 0 N–H and O–H groups in total. The molecule has 0 fully saturated rings. The van der Waals surface area contributed by atoms with Gasteiger partial charge in [-0.05, 0) is 56.9 Å². The van der Waals surface area contributed by atoms with Gasteiger partial charge in [0.25, 0.3) is 5.91 Å². The first-order chi connectivity index (χ1) is 11.5. The van der Waals surface area contributed by atoms with E-state index in [2.05, 4.69) is 22.4 Å². The molecule has 2 heterocycles. The molecule has 0 saturated carbocycles. The maximum Gasteiger partial charge on any atom is 0.276 e. The Bertz CT molecular complexity index is 751. The zero-order valence-electron chi connectivity index (χ0n) is 14.7. The van der Waals surface area contributed by atoms with E-state index in [0.29, 0.717) is 12.2 Å². The molecule has 0 atom stereocenters. The highest BCUT2D eigenvalue weighted by molar-refractivity contribution is 5.93. The normalized spacial score (nSPS) is 14.5. The van der Waals surface area contributed by atoms with Crippen molar-refractivity contribution in [2.75, 3.05) is 13.7 Å². The fourth-order valence-electron chi connectivity index (χ4n) is 3.21. The van der Waals surface area contributed by atoms with E-state index in [1.807, 2.05) is 31.7 Å². The van der Waals surface area contributed by atoms with Crippen molar-refractivity contribution >= 4 is 5.91 Å². The van der Waals surface area contributed by atoms with Crippen molar-refractivity contribution in [2.45, 2.75) is 46.2 Å². The molecule has 0 bridgehead atoms. The smallest absolute Gasteiger partial charge is 0.276 e. The lowest BCUT2D eigenvalue weighted by Gasteiger charge is -2.20. The van der Waals surface area contributed by atoms with Crippen molar-refractivity contribution in [3.8, 4) is 5.75 Å². The molecule has 0 radical (unpaired) electrons. The predicted molar refractivity (Wildman–Crippen MR) is 91.2 cm³/mol. The number of fused-ring (bicyclic) bond motifs is 1. The number of benzene rings is 1. The minimum absolute atomic E-state index is 0.0388. The van der Waals surface area contributed by atoms with Crippen LogP contribution in [0, 0.1) is 6.92 Å². The van der Waals surface area contributed by atoms with Crippen LogP contribution in [0.3, 0.4) is 0 Å². The standard InChI is InChI=1S/C18H24N4O2/c1-12(2)22-13(3)17(19-20-22)18(23)21-9-5-6-14-10-16(24-4)8-7-15(14)11-21/h7-8,10,12H,5-6,9,11H2,1-4H3. The highest BCUT2D eigenvalue weighted by Crippen LogP contribution is 2.24. The van der Waals surface area contributed by atoms with Crippen molar-refractivity contribution in [3.63, 3.8) is 0 Å². The summed E-state index contributed by atoms with van der Waals surface area (Å²) in [5.41, 5.74) is 3.72. The van der Waals surface area contributed by atoms with Gasteiger partial charge in [-0.15, -0.1) is 5.10 Å². The van der Waals surface area contributed by atoms with Crippen molar-refractivity contribution in [1.29, 1.82) is 0 Å². The first-order valence-corrected chi connectivity index (χ1v) is 8.38. The molecular weight excluding hydrogens is 304 g/mol. The molecule has 1 aromatic heterocycles. The quantitative estimate of drug-likeness (QED) is 0.869. The highest BCUT2D eigenvalue weighted by Gasteiger charge is 2.25. The SMILES string of the molecule is COc1ccc2c(c1)CCCN(C(=O)c1nnn(C(C)C)c1C)C2. The van der Waals surface area contributed by atoms with Gasteiger partial charge in [0.2, 0.25) is 0 Å². The Morgan fingerprint density at radius 3 is 2.75 bits per heavy atom. The Morgan fingerprint density at radius 1 is 1.29 bits per heavy atom. The number of amides is 1. The summed E-state index contributed by atoms with van der Waals surface area (Å²) in [5.74, 6) is 0.826. The van der Waals surface area contributed by atoms with Gasteiger partial charge in [0.1, 0.15) is 5.75 Å². The molecule has 0 unspecified atom stereocenters. The van der Waals surface area contributed by atoms with Gasteiger partial charge in [-0.25, -0.2) is 4.68 Å². The van der Waals surface area contributed by atoms with Crippen LogP contribution in [0.5, 0.6) is 5.75 Å². The third kappa shape index (κ3) is 3.00. The summed E-state index contributed by atoms with van der Waals surface area (Å²) in [7, 11) is 1.68. The van der Waals surface area contributed by atoms with E-state index in [-0.39, 0.29) is 11.9 Å². The maximum atomic E-state index is 12.9. The summed E-state index contributed by atoms with van der Waals surface area (Å²) in [6, 6.07) is 6.27. The summed E-state index contributed by atoms with van der Waals surface area (Å²) in [6.45, 7) is 7.30. The molecule has 1 amide bonds. The van der Waals surface area contributed by atoms with Crippen LogP contribution in [0.4, 0.5) is 0 Å². The first-order valence-electron chi connectivity index (χ1n) is 8.38. The molecule has 24 heavy (non-hydrogen) atoms. The van der Waals surface area contributed by atoms with Crippen LogP contribution in [-0.4, -0.2) is 39.5 Å². The average molecular weight is 328 g/mol. The van der Waals surface area contributed by atoms with Crippen LogP contribution >= 0.6 is 0 Å². The molecule has 2 aromatic rings. The second kappa shape index (κ2) is 6.63. The lowest BCUT2D eigenvalue weighted by Crippen LogP contribution is -2.31. The zero-order chi connectivity index (χ0) is 17.3. The summed E-state index contributed by atoms with van der Waals surface area (Å²) in [6.07, 6.45) is 1.89. The number of aryl methyl sites for hydroxylation is 1. The van der Waals surface area contributed by atoms with Crippen LogP contribution in [-0.2, 0) is 13.0 Å². The van der Waals surface area contributed by atoms with Crippen molar-refractivity contribution in [1.82, 2.24) is 19.9 Å². The average Bonchev–Trinajstić information content (AvgIpc) is 2.83. The third-order valence-electron chi connectivity index (χ3n) is 4.56. The largest absolute Gasteiger partial charge is 0.497 e. The van der Waals surface area contributed by atoms with E-state index in [4.69, 9.17) is 4.74 Å². The summed E-state index contributed by atoms with van der Waals surface area (Å²) < 4.78 is 7.10. The summed E-state index contributed by atoms with van der Waals surface area (Å²) >= 11 is 0. The molecule has 6 heteroatoms. The molecule has 3 rings (SSSR count). The molecule has 0 saturated heterocycles. The van der Waals surface area contributed by atoms with Gasteiger partial charge in [0.05, 0.1) is 12.8 Å². The van der Waals surface area contributed by atoms with Crippen LogP contribution in [0.1, 0.15) is 53.6 Å². The van der Waals surface area contributed by atoms with Gasteiger partial charge >= 0.3 is 0 Å². The van der Waals surface area contributed by atoms with Crippen molar-refractivity contribution in [2.24, 2.45) is 0 Å². The molecule has 6 nitrogen and oxygen atoms in total. The number of nitrogens with zero attached hydrogens (tertiary/aromatic N) is 4. The molecule has 1 aromatic carbocycles. The van der Waals surface area contributed by atoms with Crippen LogP contribution in [0.25, 0.3) is 0 Å². The monoisotopic (exact) mass is 328 g/mol. The number of carbonyl (C=O) groups excluding carboxylic acids is 1. The van der Waals surface area contributed by atoms with E-state index in [9.17, 15) is 4.79 Å². The zero-order valence-corrected chi connectivity index (χ0v) is 14.7. The van der Waals surface area contributed by atoms with Gasteiger partial charge in [-0.2, -0.15) is 0 Å². The second-order valence-electron chi connectivity index (χ2n) is 6.53. The van der Waals surface area contributed by atoms with Crippen LogP contribution in [0.2, 0.25) is 0 Å². The van der Waals surface area contributed by atoms with Crippen LogP contribution in [0.15, 0.2) is 18.2 Å². The second-order valence-corrected chi connectivity index (χ2v) is 6.53.